The third kappa shape index (κ3) is 2.62. The molecule has 0 atom stereocenters. The minimum Gasteiger partial charge on any atom is -0.321 e. The van der Waals surface area contributed by atoms with Gasteiger partial charge in [0.2, 0.25) is 0 Å². The van der Waals surface area contributed by atoms with E-state index < -0.39 is 0 Å². The lowest BCUT2D eigenvalue weighted by atomic mass is 10.0. The molecule has 2 rings (SSSR count). The fourth-order valence-electron chi connectivity index (χ4n) is 1.81. The minimum absolute atomic E-state index is 0.250. The van der Waals surface area contributed by atoms with Crippen LogP contribution < -0.4 is 5.73 Å². The first kappa shape index (κ1) is 12.0. The quantitative estimate of drug-likeness (QED) is 0.876. The molecule has 0 aliphatic heterocycles. The molecule has 0 saturated heterocycles. The Kier molecular flexibility index (Phi) is 3.07. The molecule has 1 aromatic rings. The van der Waals surface area contributed by atoms with Gasteiger partial charge in [-0.3, -0.25) is 0 Å². The number of nitrogens with two attached hydrogens (primary N) is 1. The number of aromatic nitrogens is 1. The summed E-state index contributed by atoms with van der Waals surface area (Å²) in [7, 11) is 4.15. The molecule has 1 aliphatic rings. The van der Waals surface area contributed by atoms with Crippen molar-refractivity contribution in [3.63, 3.8) is 0 Å². The molecule has 16 heavy (non-hydrogen) atoms. The van der Waals surface area contributed by atoms with Crippen molar-refractivity contribution in [2.24, 2.45) is 5.73 Å². The van der Waals surface area contributed by atoms with E-state index >= 15 is 0 Å². The third-order valence-corrected chi connectivity index (χ3v) is 4.09. The molecule has 1 fully saturated rings. The second-order valence-corrected chi connectivity index (χ2v) is 6.64. The zero-order valence-electron chi connectivity index (χ0n) is 10.6. The predicted molar refractivity (Wildman–Crippen MR) is 68.7 cm³/mol. The molecule has 1 saturated carbocycles. The Labute approximate surface area is 102 Å². The average molecular weight is 239 g/mol. The van der Waals surface area contributed by atoms with Crippen molar-refractivity contribution in [2.75, 3.05) is 14.1 Å². The Morgan fingerprint density at radius 1 is 1.44 bits per heavy atom. The number of nitrogens with zero attached hydrogens (tertiary/aromatic N) is 2. The van der Waals surface area contributed by atoms with Crippen LogP contribution in [0.1, 0.15) is 48.2 Å². The number of hydrogen-bond acceptors (Lipinski definition) is 4. The van der Waals surface area contributed by atoms with Crippen LogP contribution in [0, 0.1) is 0 Å². The molecule has 0 unspecified atom stereocenters. The molecule has 0 aromatic carbocycles. The van der Waals surface area contributed by atoms with E-state index in [1.54, 1.807) is 11.3 Å². The zero-order chi connectivity index (χ0) is 11.9. The van der Waals surface area contributed by atoms with E-state index in [1.165, 1.54) is 28.4 Å². The van der Waals surface area contributed by atoms with Gasteiger partial charge >= 0.3 is 0 Å². The number of hydrogen-bond donors (Lipinski definition) is 1. The highest BCUT2D eigenvalue weighted by atomic mass is 32.1. The Morgan fingerprint density at radius 3 is 2.50 bits per heavy atom. The van der Waals surface area contributed by atoms with Gasteiger partial charge in [-0.15, -0.1) is 11.3 Å². The first-order valence-electron chi connectivity index (χ1n) is 5.81. The van der Waals surface area contributed by atoms with Crippen LogP contribution in [0.3, 0.4) is 0 Å². The summed E-state index contributed by atoms with van der Waals surface area (Å²) in [6.45, 7) is 5.07. The molecule has 1 aliphatic carbocycles. The normalized spacial score (nSPS) is 17.1. The van der Waals surface area contributed by atoms with Gasteiger partial charge in [0.1, 0.15) is 5.01 Å². The summed E-state index contributed by atoms with van der Waals surface area (Å²) < 4.78 is 0. The summed E-state index contributed by atoms with van der Waals surface area (Å²) in [5.41, 5.74) is 7.25. The summed E-state index contributed by atoms with van der Waals surface area (Å²) in [5, 5.41) is 1.19. The molecule has 1 heterocycles. The largest absolute Gasteiger partial charge is 0.321 e. The average Bonchev–Trinajstić information content (AvgIpc) is 2.86. The van der Waals surface area contributed by atoms with Crippen molar-refractivity contribution in [3.05, 3.63) is 15.6 Å². The maximum Gasteiger partial charge on any atom is 0.107 e. The van der Waals surface area contributed by atoms with E-state index in [1.807, 2.05) is 0 Å². The lowest BCUT2D eigenvalue weighted by Gasteiger charge is -2.17. The standard InChI is InChI=1S/C12H21N3S/c1-12(2,13)11-10(8-5-6-8)14-9(16-11)7-15(3)4/h8H,5-7,13H2,1-4H3. The van der Waals surface area contributed by atoms with Gasteiger partial charge in [0, 0.05) is 22.9 Å². The van der Waals surface area contributed by atoms with Gasteiger partial charge in [-0.05, 0) is 40.8 Å². The Bertz CT molecular complexity index is 372. The van der Waals surface area contributed by atoms with Crippen LogP contribution >= 0.6 is 11.3 Å². The second kappa shape index (κ2) is 4.09. The highest BCUT2D eigenvalue weighted by Crippen LogP contribution is 2.45. The highest BCUT2D eigenvalue weighted by molar-refractivity contribution is 7.11. The predicted octanol–water partition coefficient (Wildman–Crippen LogP) is 2.28. The van der Waals surface area contributed by atoms with Crippen molar-refractivity contribution in [3.8, 4) is 0 Å². The van der Waals surface area contributed by atoms with Crippen molar-refractivity contribution in [1.29, 1.82) is 0 Å². The van der Waals surface area contributed by atoms with Crippen LogP contribution in [-0.2, 0) is 12.1 Å². The minimum atomic E-state index is -0.250. The molecular weight excluding hydrogens is 218 g/mol. The molecule has 0 radical (unpaired) electrons. The molecule has 0 spiro atoms. The monoisotopic (exact) mass is 239 g/mol. The van der Waals surface area contributed by atoms with Gasteiger partial charge in [0.15, 0.2) is 0 Å². The van der Waals surface area contributed by atoms with Gasteiger partial charge in [-0.2, -0.15) is 0 Å². The first-order valence-corrected chi connectivity index (χ1v) is 6.63. The Balaban J connectivity index is 2.30. The number of thiazole rings is 1. The Morgan fingerprint density at radius 2 is 2.06 bits per heavy atom. The summed E-state index contributed by atoms with van der Waals surface area (Å²) >= 11 is 1.79. The Hall–Kier alpha value is -0.450. The van der Waals surface area contributed by atoms with Crippen molar-refractivity contribution in [1.82, 2.24) is 9.88 Å². The fraction of sp³-hybridized carbons (Fsp3) is 0.750. The van der Waals surface area contributed by atoms with Crippen molar-refractivity contribution in [2.45, 2.75) is 44.7 Å². The molecule has 2 N–H and O–H groups in total. The van der Waals surface area contributed by atoms with Crippen LogP contribution in [-0.4, -0.2) is 24.0 Å². The zero-order valence-corrected chi connectivity index (χ0v) is 11.4. The van der Waals surface area contributed by atoms with E-state index in [0.29, 0.717) is 5.92 Å². The summed E-state index contributed by atoms with van der Waals surface area (Å²) in [6, 6.07) is 0. The smallest absolute Gasteiger partial charge is 0.107 e. The fourth-order valence-corrected chi connectivity index (χ4v) is 3.09. The molecular formula is C12H21N3S. The van der Waals surface area contributed by atoms with E-state index in [0.717, 1.165) is 6.54 Å². The first-order chi connectivity index (χ1) is 7.38. The van der Waals surface area contributed by atoms with E-state index in [9.17, 15) is 0 Å². The molecule has 0 amide bonds. The highest BCUT2D eigenvalue weighted by Gasteiger charge is 2.33. The van der Waals surface area contributed by atoms with Crippen LogP contribution in [0.5, 0.6) is 0 Å². The summed E-state index contributed by atoms with van der Waals surface area (Å²) in [5.74, 6) is 0.685. The van der Waals surface area contributed by atoms with Gasteiger partial charge in [-0.25, -0.2) is 4.98 Å². The number of rotatable bonds is 4. The van der Waals surface area contributed by atoms with Crippen LogP contribution in [0.4, 0.5) is 0 Å². The second-order valence-electron chi connectivity index (χ2n) is 5.56. The van der Waals surface area contributed by atoms with Gasteiger partial charge in [0.05, 0.1) is 5.69 Å². The lowest BCUT2D eigenvalue weighted by molar-refractivity contribution is 0.401. The van der Waals surface area contributed by atoms with Crippen LogP contribution in [0.25, 0.3) is 0 Å². The molecule has 4 heteroatoms. The third-order valence-electron chi connectivity index (χ3n) is 2.70. The van der Waals surface area contributed by atoms with Gasteiger partial charge in [-0.1, -0.05) is 0 Å². The SMILES string of the molecule is CN(C)Cc1nc(C2CC2)c(C(C)(C)N)s1. The van der Waals surface area contributed by atoms with Crippen molar-refractivity contribution < 1.29 is 0 Å². The maximum atomic E-state index is 6.22. The van der Waals surface area contributed by atoms with E-state index in [2.05, 4.69) is 32.8 Å². The summed E-state index contributed by atoms with van der Waals surface area (Å²) in [4.78, 5) is 8.22. The molecule has 3 nitrogen and oxygen atoms in total. The van der Waals surface area contributed by atoms with Crippen molar-refractivity contribution >= 4 is 11.3 Å². The van der Waals surface area contributed by atoms with Gasteiger partial charge in [0.25, 0.3) is 0 Å². The van der Waals surface area contributed by atoms with Crippen LogP contribution in [0.15, 0.2) is 0 Å². The lowest BCUT2D eigenvalue weighted by Crippen LogP contribution is -2.28. The molecule has 90 valence electrons. The summed E-state index contributed by atoms with van der Waals surface area (Å²) in [6.07, 6.45) is 2.57. The van der Waals surface area contributed by atoms with E-state index in [-0.39, 0.29) is 5.54 Å². The van der Waals surface area contributed by atoms with E-state index in [4.69, 9.17) is 10.7 Å². The van der Waals surface area contributed by atoms with Gasteiger partial charge < -0.3 is 10.6 Å². The molecule has 0 bridgehead atoms. The maximum absolute atomic E-state index is 6.22. The molecule has 1 aromatic heterocycles. The van der Waals surface area contributed by atoms with Crippen LogP contribution in [0.2, 0.25) is 0 Å². The topological polar surface area (TPSA) is 42.2 Å².